The van der Waals surface area contributed by atoms with Gasteiger partial charge in [-0.3, -0.25) is 4.90 Å². The van der Waals surface area contributed by atoms with E-state index >= 15 is 0 Å². The van der Waals surface area contributed by atoms with Crippen LogP contribution in [-0.4, -0.2) is 35.2 Å². The Morgan fingerprint density at radius 1 is 1.17 bits per heavy atom. The lowest BCUT2D eigenvalue weighted by Crippen LogP contribution is -2.48. The highest BCUT2D eigenvalue weighted by Gasteiger charge is 2.32. The average molecular weight is 255 g/mol. The summed E-state index contributed by atoms with van der Waals surface area (Å²) in [6, 6.07) is 0.380. The zero-order chi connectivity index (χ0) is 13.8. The third kappa shape index (κ3) is 4.24. The van der Waals surface area contributed by atoms with Gasteiger partial charge in [-0.15, -0.1) is 0 Å². The molecule has 0 aromatic rings. The molecule has 2 heteroatoms. The van der Waals surface area contributed by atoms with Crippen LogP contribution in [0.25, 0.3) is 0 Å². The van der Waals surface area contributed by atoms with E-state index in [1.54, 1.807) is 0 Å². The first-order valence-corrected chi connectivity index (χ1v) is 7.82. The normalized spacial score (nSPS) is 23.0. The highest BCUT2D eigenvalue weighted by Crippen LogP contribution is 2.35. The van der Waals surface area contributed by atoms with Gasteiger partial charge in [0.2, 0.25) is 0 Å². The minimum absolute atomic E-state index is 0.133. The van der Waals surface area contributed by atoms with E-state index in [0.717, 1.165) is 25.2 Å². The first-order valence-electron chi connectivity index (χ1n) is 7.82. The fraction of sp³-hybridized carbons (Fsp3) is 1.00. The second-order valence-corrected chi connectivity index (χ2v) is 7.01. The molecule has 1 heterocycles. The van der Waals surface area contributed by atoms with Crippen LogP contribution >= 0.6 is 0 Å². The van der Waals surface area contributed by atoms with E-state index in [2.05, 4.69) is 39.5 Å². The number of piperidine rings is 1. The van der Waals surface area contributed by atoms with E-state index in [0.29, 0.717) is 11.5 Å². The third-order valence-corrected chi connectivity index (χ3v) is 4.67. The summed E-state index contributed by atoms with van der Waals surface area (Å²) in [4.78, 5) is 2.53. The fourth-order valence-electron chi connectivity index (χ4n) is 3.36. The lowest BCUT2D eigenvalue weighted by atomic mass is 9.75. The minimum atomic E-state index is -0.133. The molecule has 0 radical (unpaired) electrons. The van der Waals surface area contributed by atoms with Crippen molar-refractivity contribution in [1.29, 1.82) is 0 Å². The predicted molar refractivity (Wildman–Crippen MR) is 78.7 cm³/mol. The zero-order valence-electron chi connectivity index (χ0n) is 13.1. The molecule has 1 aliphatic rings. The molecule has 0 aromatic heterocycles. The summed E-state index contributed by atoms with van der Waals surface area (Å²) >= 11 is 0. The molecule has 0 aliphatic carbocycles. The van der Waals surface area contributed by atoms with E-state index in [1.165, 1.54) is 25.9 Å². The van der Waals surface area contributed by atoms with Gasteiger partial charge in [-0.25, -0.2) is 0 Å². The number of likely N-dealkylation sites (tertiary alicyclic amines) is 1. The topological polar surface area (TPSA) is 23.5 Å². The Labute approximate surface area is 114 Å². The molecule has 18 heavy (non-hydrogen) atoms. The summed E-state index contributed by atoms with van der Waals surface area (Å²) in [6.07, 6.45) is 5.54. The first kappa shape index (κ1) is 16.0. The molecule has 0 bridgehead atoms. The maximum Gasteiger partial charge on any atom is 0.0695 e. The Bertz CT molecular complexity index is 226. The molecule has 2 nitrogen and oxygen atoms in total. The molecule has 1 saturated heterocycles. The summed E-state index contributed by atoms with van der Waals surface area (Å²) in [5, 5.41) is 10.2. The highest BCUT2D eigenvalue weighted by atomic mass is 16.3. The largest absolute Gasteiger partial charge is 0.391 e. The van der Waals surface area contributed by atoms with Gasteiger partial charge in [0.1, 0.15) is 0 Å². The predicted octanol–water partition coefficient (Wildman–Crippen LogP) is 3.68. The van der Waals surface area contributed by atoms with Crippen molar-refractivity contribution in [3.05, 3.63) is 0 Å². The van der Waals surface area contributed by atoms with Crippen molar-refractivity contribution in [1.82, 2.24) is 4.90 Å². The van der Waals surface area contributed by atoms with Crippen molar-refractivity contribution in [3.63, 3.8) is 0 Å². The van der Waals surface area contributed by atoms with Gasteiger partial charge in [-0.1, -0.05) is 41.0 Å². The molecule has 1 aliphatic heterocycles. The van der Waals surface area contributed by atoms with Crippen molar-refractivity contribution in [3.8, 4) is 0 Å². The van der Waals surface area contributed by atoms with Crippen molar-refractivity contribution < 1.29 is 5.11 Å². The van der Waals surface area contributed by atoms with Crippen molar-refractivity contribution in [2.45, 2.75) is 78.9 Å². The first-order chi connectivity index (χ1) is 8.40. The maximum atomic E-state index is 10.2. The SMILES string of the molecule is CCCC(O)C(CC)N1CCC(C(C)(C)C)CC1. The molecule has 1 fully saturated rings. The number of rotatable bonds is 5. The van der Waals surface area contributed by atoms with Gasteiger partial charge < -0.3 is 5.11 Å². The second kappa shape index (κ2) is 6.91. The van der Waals surface area contributed by atoms with Crippen molar-refractivity contribution in [2.75, 3.05) is 13.1 Å². The Morgan fingerprint density at radius 2 is 1.72 bits per heavy atom. The zero-order valence-corrected chi connectivity index (χ0v) is 13.1. The minimum Gasteiger partial charge on any atom is -0.391 e. The quantitative estimate of drug-likeness (QED) is 0.810. The van der Waals surface area contributed by atoms with Gasteiger partial charge in [0.05, 0.1) is 6.10 Å². The van der Waals surface area contributed by atoms with Crippen molar-refractivity contribution >= 4 is 0 Å². The van der Waals surface area contributed by atoms with E-state index in [9.17, 15) is 5.11 Å². The molecule has 0 aromatic carbocycles. The summed E-state index contributed by atoms with van der Waals surface area (Å²) < 4.78 is 0. The average Bonchev–Trinajstić information content (AvgIpc) is 2.30. The number of hydrogen-bond donors (Lipinski definition) is 1. The molecule has 2 atom stereocenters. The lowest BCUT2D eigenvalue weighted by molar-refractivity contribution is 0.00945. The molecule has 108 valence electrons. The van der Waals surface area contributed by atoms with Gasteiger partial charge in [0.25, 0.3) is 0 Å². The maximum absolute atomic E-state index is 10.2. The molecule has 1 rings (SSSR count). The van der Waals surface area contributed by atoms with Gasteiger partial charge in [0, 0.05) is 6.04 Å². The van der Waals surface area contributed by atoms with Crippen LogP contribution in [-0.2, 0) is 0 Å². The van der Waals surface area contributed by atoms with Gasteiger partial charge in [0.15, 0.2) is 0 Å². The second-order valence-electron chi connectivity index (χ2n) is 7.01. The third-order valence-electron chi connectivity index (χ3n) is 4.67. The number of hydrogen-bond acceptors (Lipinski definition) is 2. The van der Waals surface area contributed by atoms with E-state index in [-0.39, 0.29) is 6.10 Å². The number of aliphatic hydroxyl groups is 1. The summed E-state index contributed by atoms with van der Waals surface area (Å²) in [7, 11) is 0. The van der Waals surface area contributed by atoms with Crippen molar-refractivity contribution in [2.24, 2.45) is 11.3 Å². The van der Waals surface area contributed by atoms with Crippen LogP contribution < -0.4 is 0 Å². The number of nitrogens with zero attached hydrogens (tertiary/aromatic N) is 1. The Kier molecular flexibility index (Phi) is 6.13. The van der Waals surface area contributed by atoms with E-state index in [1.807, 2.05) is 0 Å². The molecule has 0 saturated carbocycles. The van der Waals surface area contributed by atoms with Crippen LogP contribution in [0.2, 0.25) is 0 Å². The molecule has 0 spiro atoms. The standard InChI is InChI=1S/C16H33NO/c1-6-8-15(18)14(7-2)17-11-9-13(10-12-17)16(3,4)5/h13-15,18H,6-12H2,1-5H3. The molecular weight excluding hydrogens is 222 g/mol. The smallest absolute Gasteiger partial charge is 0.0695 e. The van der Waals surface area contributed by atoms with Gasteiger partial charge in [-0.05, 0) is 50.1 Å². The lowest BCUT2D eigenvalue weighted by Gasteiger charge is -2.43. The Morgan fingerprint density at radius 3 is 2.11 bits per heavy atom. The Balaban J connectivity index is 2.50. The summed E-state index contributed by atoms with van der Waals surface area (Å²) in [6.45, 7) is 13.8. The van der Waals surface area contributed by atoms with Crippen LogP contribution in [0, 0.1) is 11.3 Å². The highest BCUT2D eigenvalue weighted by molar-refractivity contribution is 4.85. The summed E-state index contributed by atoms with van der Waals surface area (Å²) in [5.74, 6) is 0.842. The van der Waals surface area contributed by atoms with Crippen LogP contribution in [0.4, 0.5) is 0 Å². The van der Waals surface area contributed by atoms with Crippen LogP contribution in [0.5, 0.6) is 0 Å². The molecule has 2 unspecified atom stereocenters. The molecule has 1 N–H and O–H groups in total. The number of aliphatic hydroxyl groups excluding tert-OH is 1. The van der Waals surface area contributed by atoms with Gasteiger partial charge in [-0.2, -0.15) is 0 Å². The van der Waals surface area contributed by atoms with E-state index in [4.69, 9.17) is 0 Å². The monoisotopic (exact) mass is 255 g/mol. The van der Waals surface area contributed by atoms with Gasteiger partial charge >= 0.3 is 0 Å². The Hall–Kier alpha value is -0.0800. The summed E-state index contributed by atoms with van der Waals surface area (Å²) in [5.41, 5.74) is 0.440. The van der Waals surface area contributed by atoms with Crippen LogP contribution in [0.3, 0.4) is 0 Å². The van der Waals surface area contributed by atoms with Crippen LogP contribution in [0.15, 0.2) is 0 Å². The fourth-order valence-corrected chi connectivity index (χ4v) is 3.36. The molecular formula is C16H33NO. The molecule has 0 amide bonds. The van der Waals surface area contributed by atoms with Crippen LogP contribution in [0.1, 0.15) is 66.7 Å². The van der Waals surface area contributed by atoms with E-state index < -0.39 is 0 Å².